The first-order valence-corrected chi connectivity index (χ1v) is 8.00. The molecule has 1 fully saturated rings. The van der Waals surface area contributed by atoms with Crippen LogP contribution in [-0.2, 0) is 19.4 Å². The first-order chi connectivity index (χ1) is 9.20. The van der Waals surface area contributed by atoms with Crippen LogP contribution in [0, 0.1) is 11.8 Å². The number of rotatable bonds is 5. The summed E-state index contributed by atoms with van der Waals surface area (Å²) in [6, 6.07) is 0.767. The summed E-state index contributed by atoms with van der Waals surface area (Å²) >= 11 is 0. The van der Waals surface area contributed by atoms with Crippen molar-refractivity contribution in [3.63, 3.8) is 0 Å². The van der Waals surface area contributed by atoms with Gasteiger partial charge >= 0.3 is 0 Å². The molecule has 1 N–H and O–H groups in total. The molecule has 3 heteroatoms. The van der Waals surface area contributed by atoms with Gasteiger partial charge in [0.25, 0.3) is 0 Å². The quantitative estimate of drug-likeness (QED) is 0.882. The number of hydrogen-bond donors (Lipinski definition) is 1. The number of nitrogens with one attached hydrogen (secondary N) is 1. The van der Waals surface area contributed by atoms with E-state index in [1.54, 1.807) is 0 Å². The minimum Gasteiger partial charge on any atom is -0.328 e. The lowest BCUT2D eigenvalue weighted by Crippen LogP contribution is -2.25. The fourth-order valence-electron chi connectivity index (χ4n) is 3.52. The highest BCUT2D eigenvalue weighted by molar-refractivity contribution is 5.23. The Labute approximate surface area is 116 Å². The molecule has 2 atom stereocenters. The Morgan fingerprint density at radius 1 is 1.42 bits per heavy atom. The number of nitrogens with zero attached hydrogens (tertiary/aromatic N) is 2. The fraction of sp³-hybridized carbons (Fsp3) is 0.812. The van der Waals surface area contributed by atoms with Crippen LogP contribution >= 0.6 is 0 Å². The van der Waals surface area contributed by atoms with Gasteiger partial charge in [-0.15, -0.1) is 0 Å². The topological polar surface area (TPSA) is 29.9 Å². The van der Waals surface area contributed by atoms with E-state index in [1.807, 2.05) is 0 Å². The lowest BCUT2D eigenvalue weighted by atomic mass is 10.1. The highest BCUT2D eigenvalue weighted by Gasteiger charge is 2.40. The molecule has 3 nitrogen and oxygen atoms in total. The monoisotopic (exact) mass is 261 g/mol. The van der Waals surface area contributed by atoms with Crippen LogP contribution in [0.25, 0.3) is 0 Å². The molecule has 3 rings (SSSR count). The summed E-state index contributed by atoms with van der Waals surface area (Å²) in [7, 11) is 0. The van der Waals surface area contributed by atoms with Gasteiger partial charge in [0.1, 0.15) is 5.82 Å². The van der Waals surface area contributed by atoms with Gasteiger partial charge in [-0.25, -0.2) is 4.98 Å². The minimum atomic E-state index is 0.693. The Hall–Kier alpha value is -0.830. The third-order valence-electron chi connectivity index (χ3n) is 4.46. The SMILES string of the molecule is CCCC1CC1n1c(CC(C)C)nc2c1CCNC2. The molecule has 0 saturated heterocycles. The van der Waals surface area contributed by atoms with Crippen LogP contribution < -0.4 is 5.32 Å². The van der Waals surface area contributed by atoms with Crippen LogP contribution in [0.1, 0.15) is 63.3 Å². The Balaban J connectivity index is 1.89. The van der Waals surface area contributed by atoms with Gasteiger partial charge in [-0.1, -0.05) is 27.2 Å². The van der Waals surface area contributed by atoms with E-state index >= 15 is 0 Å². The maximum absolute atomic E-state index is 4.95. The molecule has 2 heterocycles. The summed E-state index contributed by atoms with van der Waals surface area (Å²) in [6.45, 7) is 8.99. The van der Waals surface area contributed by atoms with E-state index in [0.29, 0.717) is 5.92 Å². The summed E-state index contributed by atoms with van der Waals surface area (Å²) < 4.78 is 2.64. The summed E-state index contributed by atoms with van der Waals surface area (Å²) in [5.74, 6) is 2.97. The summed E-state index contributed by atoms with van der Waals surface area (Å²) in [5, 5.41) is 3.45. The van der Waals surface area contributed by atoms with Gasteiger partial charge in [0, 0.05) is 37.7 Å². The summed E-state index contributed by atoms with van der Waals surface area (Å²) in [6.07, 6.45) is 6.38. The van der Waals surface area contributed by atoms with Crippen molar-refractivity contribution in [3.05, 3.63) is 17.2 Å². The van der Waals surface area contributed by atoms with Crippen molar-refractivity contribution in [2.24, 2.45) is 11.8 Å². The number of hydrogen-bond acceptors (Lipinski definition) is 2. The van der Waals surface area contributed by atoms with Crippen molar-refractivity contribution in [2.45, 2.75) is 65.5 Å². The molecule has 2 unspecified atom stereocenters. The zero-order valence-electron chi connectivity index (χ0n) is 12.6. The van der Waals surface area contributed by atoms with Crippen molar-refractivity contribution < 1.29 is 0 Å². The van der Waals surface area contributed by atoms with Gasteiger partial charge in [-0.05, 0) is 24.7 Å². The molecule has 0 spiro atoms. The first kappa shape index (κ1) is 13.2. The second-order valence-corrected chi connectivity index (χ2v) is 6.67. The predicted octanol–water partition coefficient (Wildman–Crippen LogP) is 3.09. The number of imidazole rings is 1. The second kappa shape index (κ2) is 5.28. The van der Waals surface area contributed by atoms with E-state index in [1.165, 1.54) is 36.5 Å². The molecule has 1 aliphatic carbocycles. The zero-order valence-corrected chi connectivity index (χ0v) is 12.6. The van der Waals surface area contributed by atoms with E-state index in [2.05, 4.69) is 30.7 Å². The Morgan fingerprint density at radius 2 is 2.26 bits per heavy atom. The van der Waals surface area contributed by atoms with E-state index < -0.39 is 0 Å². The molecule has 106 valence electrons. The largest absolute Gasteiger partial charge is 0.328 e. The van der Waals surface area contributed by atoms with E-state index in [9.17, 15) is 0 Å². The van der Waals surface area contributed by atoms with Gasteiger partial charge in [0.15, 0.2) is 0 Å². The average molecular weight is 261 g/mol. The molecule has 0 amide bonds. The number of fused-ring (bicyclic) bond motifs is 1. The predicted molar refractivity (Wildman–Crippen MR) is 78.2 cm³/mol. The fourth-order valence-corrected chi connectivity index (χ4v) is 3.52. The molecule has 1 aromatic heterocycles. The van der Waals surface area contributed by atoms with Gasteiger partial charge in [-0.2, -0.15) is 0 Å². The minimum absolute atomic E-state index is 0.693. The van der Waals surface area contributed by atoms with Crippen molar-refractivity contribution >= 4 is 0 Å². The highest BCUT2D eigenvalue weighted by Crippen LogP contribution is 2.48. The lowest BCUT2D eigenvalue weighted by Gasteiger charge is -2.17. The maximum atomic E-state index is 4.95. The molecule has 0 bridgehead atoms. The normalized spacial score (nSPS) is 25.7. The summed E-state index contributed by atoms with van der Waals surface area (Å²) in [5.41, 5.74) is 2.86. The van der Waals surface area contributed by atoms with Crippen molar-refractivity contribution in [3.8, 4) is 0 Å². The molecule has 1 saturated carbocycles. The highest BCUT2D eigenvalue weighted by atomic mass is 15.2. The molecule has 0 radical (unpaired) electrons. The van der Waals surface area contributed by atoms with Crippen LogP contribution in [0.2, 0.25) is 0 Å². The van der Waals surface area contributed by atoms with Crippen molar-refractivity contribution in [2.75, 3.05) is 6.54 Å². The standard InChI is InChI=1S/C16H27N3/c1-4-5-12-9-15(12)19-14-6-7-17-10-13(14)18-16(19)8-11(2)3/h11-12,15,17H,4-10H2,1-3H3. The van der Waals surface area contributed by atoms with Crippen molar-refractivity contribution in [1.29, 1.82) is 0 Å². The van der Waals surface area contributed by atoms with E-state index in [0.717, 1.165) is 37.9 Å². The van der Waals surface area contributed by atoms with Crippen LogP contribution in [0.5, 0.6) is 0 Å². The smallest absolute Gasteiger partial charge is 0.109 e. The third kappa shape index (κ3) is 2.58. The van der Waals surface area contributed by atoms with Gasteiger partial charge in [0.05, 0.1) is 5.69 Å². The van der Waals surface area contributed by atoms with E-state index in [-0.39, 0.29) is 0 Å². The molecule has 1 aliphatic heterocycles. The van der Waals surface area contributed by atoms with Gasteiger partial charge in [0.2, 0.25) is 0 Å². The molecule has 0 aromatic carbocycles. The van der Waals surface area contributed by atoms with E-state index in [4.69, 9.17) is 4.98 Å². The second-order valence-electron chi connectivity index (χ2n) is 6.67. The molecular formula is C16H27N3. The zero-order chi connectivity index (χ0) is 13.4. The molecular weight excluding hydrogens is 234 g/mol. The summed E-state index contributed by atoms with van der Waals surface area (Å²) in [4.78, 5) is 4.95. The average Bonchev–Trinajstić information content (AvgIpc) is 3.01. The van der Waals surface area contributed by atoms with Gasteiger partial charge in [-0.3, -0.25) is 0 Å². The Bertz CT molecular complexity index is 447. The Morgan fingerprint density at radius 3 is 3.00 bits per heavy atom. The molecule has 1 aromatic rings. The van der Waals surface area contributed by atoms with Crippen LogP contribution in [0.3, 0.4) is 0 Å². The maximum Gasteiger partial charge on any atom is 0.109 e. The third-order valence-corrected chi connectivity index (χ3v) is 4.46. The van der Waals surface area contributed by atoms with Gasteiger partial charge < -0.3 is 9.88 Å². The van der Waals surface area contributed by atoms with Crippen molar-refractivity contribution in [1.82, 2.24) is 14.9 Å². The lowest BCUT2D eigenvalue weighted by molar-refractivity contribution is 0.527. The number of aromatic nitrogens is 2. The Kier molecular flexibility index (Phi) is 3.66. The first-order valence-electron chi connectivity index (χ1n) is 8.00. The van der Waals surface area contributed by atoms with Crippen LogP contribution in [-0.4, -0.2) is 16.1 Å². The molecule has 2 aliphatic rings. The van der Waals surface area contributed by atoms with Crippen LogP contribution in [0.4, 0.5) is 0 Å². The molecule has 19 heavy (non-hydrogen) atoms. The van der Waals surface area contributed by atoms with Crippen LogP contribution in [0.15, 0.2) is 0 Å².